The van der Waals surface area contributed by atoms with Crippen molar-refractivity contribution in [3.63, 3.8) is 0 Å². The van der Waals surface area contributed by atoms with E-state index in [1.807, 2.05) is 18.8 Å². The molecule has 1 atom stereocenters. The van der Waals surface area contributed by atoms with Crippen molar-refractivity contribution in [1.29, 1.82) is 0 Å². The van der Waals surface area contributed by atoms with Crippen LogP contribution in [-0.2, 0) is 11.8 Å². The Morgan fingerprint density at radius 1 is 1.47 bits per heavy atom. The monoisotopic (exact) mass is 239 g/mol. The number of aromatic nitrogens is 2. The number of nitrogens with one attached hydrogen (secondary N) is 1. The second-order valence-electron chi connectivity index (χ2n) is 4.57. The molecule has 96 valence electrons. The van der Waals surface area contributed by atoms with Crippen LogP contribution in [0.25, 0.3) is 0 Å². The van der Waals surface area contributed by atoms with Crippen LogP contribution in [0.4, 0.5) is 0 Å². The van der Waals surface area contributed by atoms with E-state index in [4.69, 9.17) is 9.47 Å². The Morgan fingerprint density at radius 3 is 2.59 bits per heavy atom. The molecular weight excluding hydrogens is 218 g/mol. The molecule has 0 bridgehead atoms. The molecule has 0 aliphatic heterocycles. The first-order chi connectivity index (χ1) is 8.18. The molecule has 1 aromatic rings. The Bertz CT molecular complexity index is 380. The summed E-state index contributed by atoms with van der Waals surface area (Å²) in [5, 5.41) is 7.61. The van der Waals surface area contributed by atoms with Crippen molar-refractivity contribution in [3.8, 4) is 5.75 Å². The summed E-state index contributed by atoms with van der Waals surface area (Å²) in [5.74, 6) is 0.815. The minimum Gasteiger partial charge on any atom is -0.493 e. The number of hydrogen-bond acceptors (Lipinski definition) is 4. The highest BCUT2D eigenvalue weighted by Crippen LogP contribution is 2.46. The Hall–Kier alpha value is -1.07. The summed E-state index contributed by atoms with van der Waals surface area (Å²) in [6.45, 7) is 0. The molecule has 0 amide bonds. The fraction of sp³-hybridized carbons (Fsp3) is 0.750. The molecule has 1 fully saturated rings. The molecule has 0 radical (unpaired) electrons. The van der Waals surface area contributed by atoms with Gasteiger partial charge in [0.05, 0.1) is 30.6 Å². The topological polar surface area (TPSA) is 48.3 Å². The van der Waals surface area contributed by atoms with Crippen LogP contribution in [0.5, 0.6) is 5.75 Å². The van der Waals surface area contributed by atoms with Crippen molar-refractivity contribution in [3.05, 3.63) is 11.9 Å². The molecule has 17 heavy (non-hydrogen) atoms. The van der Waals surface area contributed by atoms with Gasteiger partial charge in [0.1, 0.15) is 0 Å². The number of ether oxygens (including phenoxy) is 2. The average molecular weight is 239 g/mol. The van der Waals surface area contributed by atoms with Crippen LogP contribution in [-0.4, -0.2) is 36.6 Å². The van der Waals surface area contributed by atoms with E-state index < -0.39 is 0 Å². The highest BCUT2D eigenvalue weighted by atomic mass is 16.5. The maximum Gasteiger partial charge on any atom is 0.161 e. The van der Waals surface area contributed by atoms with E-state index in [1.165, 1.54) is 6.42 Å². The van der Waals surface area contributed by atoms with E-state index in [1.54, 1.807) is 20.4 Å². The Labute approximate surface area is 102 Å². The normalized spacial score (nSPS) is 19.8. The molecule has 1 aliphatic rings. The molecule has 1 unspecified atom stereocenters. The maximum absolute atomic E-state index is 5.75. The standard InChI is InChI=1S/C12H21N3O2/c1-13-11(12(17-4)6-5-7-12)10-9(16-3)8-14-15(10)2/h8,11,13H,5-7H2,1-4H3. The first kappa shape index (κ1) is 12.4. The van der Waals surface area contributed by atoms with Crippen LogP contribution in [0.3, 0.4) is 0 Å². The molecule has 1 aromatic heterocycles. The third-order valence-corrected chi connectivity index (χ3v) is 3.86. The molecular formula is C12H21N3O2. The van der Waals surface area contributed by atoms with Crippen molar-refractivity contribution >= 4 is 0 Å². The van der Waals surface area contributed by atoms with E-state index >= 15 is 0 Å². The lowest BCUT2D eigenvalue weighted by Crippen LogP contribution is -2.50. The van der Waals surface area contributed by atoms with Crippen molar-refractivity contribution in [2.45, 2.75) is 30.9 Å². The van der Waals surface area contributed by atoms with E-state index in [0.29, 0.717) is 0 Å². The fourth-order valence-corrected chi connectivity index (χ4v) is 2.70. The van der Waals surface area contributed by atoms with Gasteiger partial charge in [-0.25, -0.2) is 0 Å². The van der Waals surface area contributed by atoms with Gasteiger partial charge in [-0.15, -0.1) is 0 Å². The average Bonchev–Trinajstić information content (AvgIpc) is 2.65. The Kier molecular flexibility index (Phi) is 3.40. The maximum atomic E-state index is 5.75. The van der Waals surface area contributed by atoms with Crippen LogP contribution in [0.15, 0.2) is 6.20 Å². The first-order valence-electron chi connectivity index (χ1n) is 5.97. The van der Waals surface area contributed by atoms with Gasteiger partial charge in [-0.3, -0.25) is 4.68 Å². The molecule has 1 aliphatic carbocycles. The molecule has 1 heterocycles. The third-order valence-electron chi connectivity index (χ3n) is 3.86. The molecule has 5 heteroatoms. The van der Waals surface area contributed by atoms with E-state index in [-0.39, 0.29) is 11.6 Å². The van der Waals surface area contributed by atoms with Crippen molar-refractivity contribution < 1.29 is 9.47 Å². The lowest BCUT2D eigenvalue weighted by atomic mass is 9.73. The minimum atomic E-state index is -0.115. The predicted molar refractivity (Wildman–Crippen MR) is 65.2 cm³/mol. The van der Waals surface area contributed by atoms with Crippen molar-refractivity contribution in [2.24, 2.45) is 7.05 Å². The molecule has 0 spiro atoms. The van der Waals surface area contributed by atoms with Crippen molar-refractivity contribution in [2.75, 3.05) is 21.3 Å². The first-order valence-corrected chi connectivity index (χ1v) is 5.97. The molecule has 1 saturated carbocycles. The van der Waals surface area contributed by atoms with Crippen LogP contribution in [0.2, 0.25) is 0 Å². The molecule has 0 saturated heterocycles. The second kappa shape index (κ2) is 4.66. The summed E-state index contributed by atoms with van der Waals surface area (Å²) in [6.07, 6.45) is 5.11. The van der Waals surface area contributed by atoms with Crippen LogP contribution >= 0.6 is 0 Å². The number of aryl methyl sites for hydroxylation is 1. The smallest absolute Gasteiger partial charge is 0.161 e. The fourth-order valence-electron chi connectivity index (χ4n) is 2.70. The number of hydrogen-bond donors (Lipinski definition) is 1. The predicted octanol–water partition coefficient (Wildman–Crippen LogP) is 1.26. The summed E-state index contributed by atoms with van der Waals surface area (Å²) in [4.78, 5) is 0. The summed E-state index contributed by atoms with van der Waals surface area (Å²) < 4.78 is 13.0. The lowest BCUT2D eigenvalue weighted by molar-refractivity contribution is -0.100. The van der Waals surface area contributed by atoms with Gasteiger partial charge in [0.15, 0.2) is 5.75 Å². The van der Waals surface area contributed by atoms with Crippen molar-refractivity contribution in [1.82, 2.24) is 15.1 Å². The lowest BCUT2D eigenvalue weighted by Gasteiger charge is -2.46. The Balaban J connectivity index is 2.37. The quantitative estimate of drug-likeness (QED) is 0.840. The van der Waals surface area contributed by atoms with Crippen LogP contribution in [0, 0.1) is 0 Å². The van der Waals surface area contributed by atoms with Crippen LogP contribution in [0.1, 0.15) is 31.0 Å². The summed E-state index contributed by atoms with van der Waals surface area (Å²) in [7, 11) is 7.35. The largest absolute Gasteiger partial charge is 0.493 e. The van der Waals surface area contributed by atoms with Gasteiger partial charge >= 0.3 is 0 Å². The summed E-state index contributed by atoms with van der Waals surface area (Å²) in [6, 6.07) is 0.115. The zero-order chi connectivity index (χ0) is 12.5. The number of nitrogens with zero attached hydrogens (tertiary/aromatic N) is 2. The van der Waals surface area contributed by atoms with E-state index in [9.17, 15) is 0 Å². The van der Waals surface area contributed by atoms with Gasteiger partial charge in [0, 0.05) is 14.2 Å². The zero-order valence-corrected chi connectivity index (χ0v) is 11.0. The number of rotatable bonds is 5. The van der Waals surface area contributed by atoms with E-state index in [2.05, 4.69) is 10.4 Å². The number of likely N-dealkylation sites (N-methyl/N-ethyl adjacent to an activating group) is 1. The third kappa shape index (κ3) is 1.83. The second-order valence-corrected chi connectivity index (χ2v) is 4.57. The van der Waals surface area contributed by atoms with Gasteiger partial charge in [-0.1, -0.05) is 0 Å². The minimum absolute atomic E-state index is 0.115. The highest BCUT2D eigenvalue weighted by molar-refractivity contribution is 5.31. The molecule has 1 N–H and O–H groups in total. The van der Waals surface area contributed by atoms with Crippen LogP contribution < -0.4 is 10.1 Å². The summed E-state index contributed by atoms with van der Waals surface area (Å²) in [5.41, 5.74) is 0.937. The molecule has 2 rings (SSSR count). The molecule has 5 nitrogen and oxygen atoms in total. The summed E-state index contributed by atoms with van der Waals surface area (Å²) >= 11 is 0. The number of methoxy groups -OCH3 is 2. The van der Waals surface area contributed by atoms with Gasteiger partial charge in [0.2, 0.25) is 0 Å². The highest BCUT2D eigenvalue weighted by Gasteiger charge is 2.46. The van der Waals surface area contributed by atoms with Gasteiger partial charge in [-0.05, 0) is 26.3 Å². The van der Waals surface area contributed by atoms with Gasteiger partial charge in [0.25, 0.3) is 0 Å². The van der Waals surface area contributed by atoms with E-state index in [0.717, 1.165) is 24.3 Å². The van der Waals surface area contributed by atoms with Gasteiger partial charge < -0.3 is 14.8 Å². The molecule has 0 aromatic carbocycles. The zero-order valence-electron chi connectivity index (χ0n) is 11.0. The Morgan fingerprint density at radius 2 is 2.18 bits per heavy atom. The SMILES string of the molecule is CNC(c1c(OC)cnn1C)C1(OC)CCC1. The van der Waals surface area contributed by atoms with Gasteiger partial charge in [-0.2, -0.15) is 5.10 Å².